The van der Waals surface area contributed by atoms with Gasteiger partial charge in [-0.2, -0.15) is 0 Å². The van der Waals surface area contributed by atoms with Crippen molar-refractivity contribution in [2.45, 2.75) is 39.7 Å². The quantitative estimate of drug-likeness (QED) is 0.856. The first kappa shape index (κ1) is 17.3. The zero-order valence-electron chi connectivity index (χ0n) is 15.4. The summed E-state index contributed by atoms with van der Waals surface area (Å²) < 4.78 is 5.41. The molecular weight excluding hydrogens is 312 g/mol. The van der Waals surface area contributed by atoms with E-state index >= 15 is 0 Å². The number of likely N-dealkylation sites (tertiary alicyclic amines) is 1. The minimum absolute atomic E-state index is 0.0576. The number of methoxy groups -OCH3 is 1. The van der Waals surface area contributed by atoms with Crippen molar-refractivity contribution in [2.24, 2.45) is 0 Å². The van der Waals surface area contributed by atoms with E-state index in [1.54, 1.807) is 7.11 Å². The third-order valence-electron chi connectivity index (χ3n) is 5.08. The maximum absolute atomic E-state index is 13.0. The molecule has 2 aromatic carbocycles. The number of ether oxygens (including phenoxy) is 1. The molecule has 1 aliphatic rings. The number of amides is 2. The van der Waals surface area contributed by atoms with Crippen LogP contribution in [0.25, 0.3) is 0 Å². The van der Waals surface area contributed by atoms with Gasteiger partial charge in [0.25, 0.3) is 0 Å². The molecule has 0 bridgehead atoms. The average molecular weight is 338 g/mol. The molecule has 1 heterocycles. The number of benzene rings is 2. The third-order valence-corrected chi connectivity index (χ3v) is 5.08. The lowest BCUT2D eigenvalue weighted by Gasteiger charge is -2.28. The number of hydrogen-bond acceptors (Lipinski definition) is 2. The molecule has 4 heteroatoms. The molecule has 1 saturated heterocycles. The summed E-state index contributed by atoms with van der Waals surface area (Å²) in [5.41, 5.74) is 5.53. The molecule has 1 aliphatic heterocycles. The second kappa shape index (κ2) is 7.18. The minimum atomic E-state index is -0.0576. The van der Waals surface area contributed by atoms with Gasteiger partial charge in [-0.25, -0.2) is 4.79 Å². The van der Waals surface area contributed by atoms with Gasteiger partial charge >= 0.3 is 6.03 Å². The Hall–Kier alpha value is -2.49. The molecular formula is C21H26N2O2. The zero-order chi connectivity index (χ0) is 18.0. The largest absolute Gasteiger partial charge is 0.495 e. The zero-order valence-corrected chi connectivity index (χ0v) is 15.4. The molecule has 0 aromatic heterocycles. The third kappa shape index (κ3) is 3.34. The van der Waals surface area contributed by atoms with E-state index in [2.05, 4.69) is 37.4 Å². The van der Waals surface area contributed by atoms with Gasteiger partial charge in [0.15, 0.2) is 0 Å². The summed E-state index contributed by atoms with van der Waals surface area (Å²) in [7, 11) is 1.62. The Labute approximate surface area is 149 Å². The van der Waals surface area contributed by atoms with Crippen molar-refractivity contribution >= 4 is 11.7 Å². The van der Waals surface area contributed by atoms with Crippen molar-refractivity contribution < 1.29 is 9.53 Å². The van der Waals surface area contributed by atoms with Crippen LogP contribution >= 0.6 is 0 Å². The number of nitrogens with one attached hydrogen (secondary N) is 1. The van der Waals surface area contributed by atoms with E-state index in [0.29, 0.717) is 5.75 Å². The van der Waals surface area contributed by atoms with Gasteiger partial charge in [0, 0.05) is 6.54 Å². The molecule has 1 N–H and O–H groups in total. The second-order valence-corrected chi connectivity index (χ2v) is 6.74. The summed E-state index contributed by atoms with van der Waals surface area (Å²) in [6.45, 7) is 7.01. The number of aryl methyl sites for hydroxylation is 3. The Morgan fingerprint density at radius 2 is 1.72 bits per heavy atom. The molecule has 0 spiro atoms. The van der Waals surface area contributed by atoms with Crippen molar-refractivity contribution in [1.29, 1.82) is 0 Å². The van der Waals surface area contributed by atoms with Crippen molar-refractivity contribution in [3.8, 4) is 5.75 Å². The van der Waals surface area contributed by atoms with Gasteiger partial charge in [-0.1, -0.05) is 30.3 Å². The molecule has 2 amide bonds. The first-order valence-corrected chi connectivity index (χ1v) is 8.80. The highest BCUT2D eigenvalue weighted by Gasteiger charge is 2.32. The van der Waals surface area contributed by atoms with Crippen LogP contribution in [0.5, 0.6) is 5.75 Å². The van der Waals surface area contributed by atoms with Crippen LogP contribution in [-0.2, 0) is 0 Å². The SMILES string of the molecule is COc1cccc(C)c1NC(=O)N1CCCC1c1c(C)cccc1C. The van der Waals surface area contributed by atoms with Crippen LogP contribution in [0.2, 0.25) is 0 Å². The van der Waals surface area contributed by atoms with Crippen LogP contribution in [0.15, 0.2) is 36.4 Å². The van der Waals surface area contributed by atoms with Gasteiger partial charge in [0.1, 0.15) is 5.75 Å². The Balaban J connectivity index is 1.87. The highest BCUT2D eigenvalue weighted by Crippen LogP contribution is 2.37. The summed E-state index contributed by atoms with van der Waals surface area (Å²) in [5.74, 6) is 0.691. The van der Waals surface area contributed by atoms with Crippen molar-refractivity contribution in [2.75, 3.05) is 19.0 Å². The fraction of sp³-hybridized carbons (Fsp3) is 0.381. The van der Waals surface area contributed by atoms with Crippen LogP contribution < -0.4 is 10.1 Å². The van der Waals surface area contributed by atoms with Gasteiger partial charge in [0.2, 0.25) is 0 Å². The maximum atomic E-state index is 13.0. The normalized spacial score (nSPS) is 16.8. The monoisotopic (exact) mass is 338 g/mol. The van der Waals surface area contributed by atoms with Gasteiger partial charge in [0.05, 0.1) is 18.8 Å². The topological polar surface area (TPSA) is 41.6 Å². The lowest BCUT2D eigenvalue weighted by Crippen LogP contribution is -2.35. The number of urea groups is 1. The number of para-hydroxylation sites is 1. The molecule has 1 atom stereocenters. The number of nitrogens with zero attached hydrogens (tertiary/aromatic N) is 1. The smallest absolute Gasteiger partial charge is 0.322 e. The second-order valence-electron chi connectivity index (χ2n) is 6.74. The molecule has 2 aromatic rings. The van der Waals surface area contributed by atoms with Gasteiger partial charge < -0.3 is 15.0 Å². The summed E-state index contributed by atoms with van der Waals surface area (Å²) >= 11 is 0. The number of anilines is 1. The predicted molar refractivity (Wildman–Crippen MR) is 101 cm³/mol. The molecule has 1 fully saturated rings. The van der Waals surface area contributed by atoms with Crippen LogP contribution in [0.1, 0.15) is 41.1 Å². The number of hydrogen-bond donors (Lipinski definition) is 1. The molecule has 132 valence electrons. The lowest BCUT2D eigenvalue weighted by atomic mass is 9.94. The highest BCUT2D eigenvalue weighted by atomic mass is 16.5. The Morgan fingerprint density at radius 1 is 1.08 bits per heavy atom. The number of carbonyl (C=O) groups excluding carboxylic acids is 1. The lowest BCUT2D eigenvalue weighted by molar-refractivity contribution is 0.206. The van der Waals surface area contributed by atoms with Crippen LogP contribution in [0.4, 0.5) is 10.5 Å². The van der Waals surface area contributed by atoms with Gasteiger partial charge in [-0.3, -0.25) is 0 Å². The number of rotatable bonds is 3. The highest BCUT2D eigenvalue weighted by molar-refractivity contribution is 5.92. The van der Waals surface area contributed by atoms with E-state index in [1.807, 2.05) is 30.0 Å². The van der Waals surface area contributed by atoms with Crippen molar-refractivity contribution in [1.82, 2.24) is 4.90 Å². The van der Waals surface area contributed by atoms with Crippen molar-refractivity contribution in [3.05, 3.63) is 58.7 Å². The Bertz CT molecular complexity index is 765. The summed E-state index contributed by atoms with van der Waals surface area (Å²) in [5, 5.41) is 3.07. The molecule has 1 unspecified atom stereocenters. The van der Waals surface area contributed by atoms with Gasteiger partial charge in [-0.05, 0) is 61.9 Å². The fourth-order valence-electron chi connectivity index (χ4n) is 3.81. The maximum Gasteiger partial charge on any atom is 0.322 e. The summed E-state index contributed by atoms with van der Waals surface area (Å²) in [6, 6.07) is 12.2. The van der Waals surface area contributed by atoms with Crippen molar-refractivity contribution in [3.63, 3.8) is 0 Å². The first-order valence-electron chi connectivity index (χ1n) is 8.80. The molecule has 0 radical (unpaired) electrons. The summed E-state index contributed by atoms with van der Waals surface area (Å²) in [4.78, 5) is 15.0. The molecule has 0 saturated carbocycles. The molecule has 25 heavy (non-hydrogen) atoms. The van der Waals surface area contributed by atoms with E-state index in [1.165, 1.54) is 16.7 Å². The molecule has 3 rings (SSSR count). The Kier molecular flexibility index (Phi) is 4.98. The number of carbonyl (C=O) groups is 1. The molecule has 0 aliphatic carbocycles. The fourth-order valence-corrected chi connectivity index (χ4v) is 3.81. The van der Waals surface area contributed by atoms with E-state index in [4.69, 9.17) is 4.74 Å². The predicted octanol–water partition coefficient (Wildman–Crippen LogP) is 4.99. The van der Waals surface area contributed by atoms with Crippen LogP contribution in [-0.4, -0.2) is 24.6 Å². The first-order chi connectivity index (χ1) is 12.0. The van der Waals surface area contributed by atoms with E-state index < -0.39 is 0 Å². The van der Waals surface area contributed by atoms with E-state index in [-0.39, 0.29) is 12.1 Å². The van der Waals surface area contributed by atoms with Gasteiger partial charge in [-0.15, -0.1) is 0 Å². The van der Waals surface area contributed by atoms with Crippen LogP contribution in [0, 0.1) is 20.8 Å². The molecule has 4 nitrogen and oxygen atoms in total. The Morgan fingerprint density at radius 3 is 2.40 bits per heavy atom. The minimum Gasteiger partial charge on any atom is -0.495 e. The van der Waals surface area contributed by atoms with E-state index in [9.17, 15) is 4.79 Å². The van der Waals surface area contributed by atoms with E-state index in [0.717, 1.165) is 30.6 Å². The van der Waals surface area contributed by atoms with Crippen LogP contribution in [0.3, 0.4) is 0 Å². The standard InChI is InChI=1S/C21H26N2O2/c1-14-8-5-9-15(2)19(14)17-11-7-13-23(17)21(24)22-20-16(3)10-6-12-18(20)25-4/h5-6,8-10,12,17H,7,11,13H2,1-4H3,(H,22,24). The average Bonchev–Trinajstić information content (AvgIpc) is 3.06. The summed E-state index contributed by atoms with van der Waals surface area (Å²) in [6.07, 6.45) is 2.03.